The molecule has 0 radical (unpaired) electrons. The Morgan fingerprint density at radius 3 is 1.61 bits per heavy atom. The zero-order chi connectivity index (χ0) is 35.8. The third kappa shape index (κ3) is 5.62. The number of para-hydroxylation sites is 1. The van der Waals surface area contributed by atoms with Crippen molar-refractivity contribution in [2.45, 2.75) is 0 Å². The first-order valence-corrected chi connectivity index (χ1v) is 18.4. The van der Waals surface area contributed by atoms with Gasteiger partial charge in [0, 0.05) is 22.1 Å². The number of benzene rings is 9. The lowest BCUT2D eigenvalue weighted by Crippen LogP contribution is -2.11. The first-order chi connectivity index (χ1) is 26.8. The van der Waals surface area contributed by atoms with Crippen molar-refractivity contribution in [3.63, 3.8) is 0 Å². The zero-order valence-corrected chi connectivity index (χ0v) is 29.6. The van der Waals surface area contributed by atoms with E-state index >= 15 is 0 Å². The number of hydrogen-bond acceptors (Lipinski definition) is 2. The Morgan fingerprint density at radius 1 is 0.333 bits per heavy atom. The first-order valence-electron chi connectivity index (χ1n) is 18.4. The molecule has 10 aromatic rings. The Morgan fingerprint density at radius 2 is 0.889 bits per heavy atom. The molecule has 0 bridgehead atoms. The van der Waals surface area contributed by atoms with Crippen molar-refractivity contribution in [1.82, 2.24) is 0 Å². The van der Waals surface area contributed by atoms with E-state index in [1.54, 1.807) is 0 Å². The summed E-state index contributed by atoms with van der Waals surface area (Å²) in [5, 5.41) is 4.69. The maximum absolute atomic E-state index is 6.87. The van der Waals surface area contributed by atoms with E-state index in [0.717, 1.165) is 55.7 Å². The predicted molar refractivity (Wildman–Crippen MR) is 228 cm³/mol. The van der Waals surface area contributed by atoms with Gasteiger partial charge in [0.15, 0.2) is 5.58 Å². The van der Waals surface area contributed by atoms with Gasteiger partial charge >= 0.3 is 0 Å². The quantitative estimate of drug-likeness (QED) is 0.166. The zero-order valence-electron chi connectivity index (χ0n) is 29.6. The van der Waals surface area contributed by atoms with E-state index in [2.05, 4.69) is 211 Å². The average Bonchev–Trinajstić information content (AvgIpc) is 3.65. The van der Waals surface area contributed by atoms with E-state index in [0.29, 0.717) is 0 Å². The molecule has 254 valence electrons. The van der Waals surface area contributed by atoms with Gasteiger partial charge in [0.1, 0.15) is 5.58 Å². The summed E-state index contributed by atoms with van der Waals surface area (Å²) >= 11 is 0. The van der Waals surface area contributed by atoms with Gasteiger partial charge in [-0.15, -0.1) is 0 Å². The molecular formula is C52H35NO. The van der Waals surface area contributed by atoms with Crippen LogP contribution in [0.1, 0.15) is 0 Å². The fourth-order valence-corrected chi connectivity index (χ4v) is 7.85. The summed E-state index contributed by atoms with van der Waals surface area (Å²) in [7, 11) is 0. The van der Waals surface area contributed by atoms with Crippen LogP contribution in [0.4, 0.5) is 17.1 Å². The van der Waals surface area contributed by atoms with Crippen molar-refractivity contribution >= 4 is 49.8 Å². The van der Waals surface area contributed by atoms with Crippen molar-refractivity contribution in [1.29, 1.82) is 0 Å². The van der Waals surface area contributed by atoms with E-state index in [-0.39, 0.29) is 0 Å². The van der Waals surface area contributed by atoms with E-state index < -0.39 is 0 Å². The summed E-state index contributed by atoms with van der Waals surface area (Å²) in [6, 6.07) is 75.8. The maximum Gasteiger partial charge on any atom is 0.160 e. The van der Waals surface area contributed by atoms with E-state index in [4.69, 9.17) is 4.42 Å². The molecule has 0 saturated heterocycles. The van der Waals surface area contributed by atoms with Crippen LogP contribution in [-0.2, 0) is 0 Å². The van der Waals surface area contributed by atoms with Crippen LogP contribution < -0.4 is 4.90 Å². The van der Waals surface area contributed by atoms with Crippen LogP contribution in [0.3, 0.4) is 0 Å². The van der Waals surface area contributed by atoms with Crippen molar-refractivity contribution in [3.05, 3.63) is 212 Å². The van der Waals surface area contributed by atoms with E-state index in [9.17, 15) is 0 Å². The Bertz CT molecular complexity index is 2910. The SMILES string of the molecule is c1ccc(-c2ccc(N(c3ccc(-c4ccc5ccccc5c4)cc3)c3ccc(-c4ccccc4)c4c3oc3ccccc34)cc2-c2ccccc2)cc1. The Hall–Kier alpha value is -7.16. The second-order valence-electron chi connectivity index (χ2n) is 13.7. The Balaban J connectivity index is 1.21. The van der Waals surface area contributed by atoms with Gasteiger partial charge in [-0.05, 0) is 97.7 Å². The highest BCUT2D eigenvalue weighted by atomic mass is 16.3. The predicted octanol–water partition coefficient (Wildman–Crippen LogP) is 14.9. The first kappa shape index (κ1) is 31.6. The van der Waals surface area contributed by atoms with Crippen molar-refractivity contribution in [2.75, 3.05) is 4.90 Å². The molecule has 1 aromatic heterocycles. The van der Waals surface area contributed by atoms with Crippen LogP contribution >= 0.6 is 0 Å². The summed E-state index contributed by atoms with van der Waals surface area (Å²) in [6.07, 6.45) is 0. The molecule has 54 heavy (non-hydrogen) atoms. The normalized spacial score (nSPS) is 11.3. The third-order valence-corrected chi connectivity index (χ3v) is 10.5. The molecule has 2 heteroatoms. The number of furan rings is 1. The lowest BCUT2D eigenvalue weighted by Gasteiger charge is -2.27. The minimum absolute atomic E-state index is 0.851. The van der Waals surface area contributed by atoms with Crippen LogP contribution in [-0.4, -0.2) is 0 Å². The minimum Gasteiger partial charge on any atom is -0.454 e. The molecule has 0 amide bonds. The van der Waals surface area contributed by atoms with Gasteiger partial charge in [0.2, 0.25) is 0 Å². The molecule has 0 aliphatic heterocycles. The summed E-state index contributed by atoms with van der Waals surface area (Å²) in [5.41, 5.74) is 14.1. The van der Waals surface area contributed by atoms with Crippen molar-refractivity contribution < 1.29 is 4.42 Å². The number of rotatable bonds is 7. The lowest BCUT2D eigenvalue weighted by molar-refractivity contribution is 0.669. The fourth-order valence-electron chi connectivity index (χ4n) is 7.85. The molecule has 0 unspecified atom stereocenters. The summed E-state index contributed by atoms with van der Waals surface area (Å²) in [5.74, 6) is 0. The van der Waals surface area contributed by atoms with Gasteiger partial charge in [-0.2, -0.15) is 0 Å². The topological polar surface area (TPSA) is 16.4 Å². The van der Waals surface area contributed by atoms with Crippen LogP contribution in [0.2, 0.25) is 0 Å². The lowest BCUT2D eigenvalue weighted by atomic mass is 9.93. The summed E-state index contributed by atoms with van der Waals surface area (Å²) in [4.78, 5) is 2.35. The van der Waals surface area contributed by atoms with Crippen LogP contribution in [0.25, 0.3) is 77.2 Å². The smallest absolute Gasteiger partial charge is 0.160 e. The molecule has 0 aliphatic carbocycles. The van der Waals surface area contributed by atoms with Gasteiger partial charge in [-0.25, -0.2) is 0 Å². The van der Waals surface area contributed by atoms with E-state index in [1.807, 2.05) is 6.07 Å². The standard InChI is InChI=1S/C52H35NO/c1-4-15-38(16-5-1)45-31-30-44(35-48(45)40-19-8-3-9-20-40)53(43-28-26-37(27-29-43)42-25-24-36-14-10-11-21-41(36)34-42)49-33-32-46(39-17-6-2-7-18-39)51-47-22-12-13-23-50(47)54-52(49)51/h1-35H. The molecule has 0 atom stereocenters. The molecule has 0 N–H and O–H groups in total. The number of hydrogen-bond donors (Lipinski definition) is 0. The Kier molecular flexibility index (Phi) is 7.85. The van der Waals surface area contributed by atoms with Gasteiger partial charge in [0.05, 0.1) is 5.69 Å². The molecule has 0 aliphatic rings. The molecule has 2 nitrogen and oxygen atoms in total. The largest absolute Gasteiger partial charge is 0.454 e. The van der Waals surface area contributed by atoms with E-state index in [1.165, 1.54) is 38.6 Å². The highest BCUT2D eigenvalue weighted by molar-refractivity contribution is 6.17. The summed E-state index contributed by atoms with van der Waals surface area (Å²) in [6.45, 7) is 0. The van der Waals surface area contributed by atoms with Crippen molar-refractivity contribution in [3.8, 4) is 44.5 Å². The fraction of sp³-hybridized carbons (Fsp3) is 0. The van der Waals surface area contributed by atoms with Gasteiger partial charge in [0.25, 0.3) is 0 Å². The highest BCUT2D eigenvalue weighted by Crippen LogP contribution is 2.47. The molecule has 9 aromatic carbocycles. The summed E-state index contributed by atoms with van der Waals surface area (Å²) < 4.78 is 6.87. The second-order valence-corrected chi connectivity index (χ2v) is 13.7. The third-order valence-electron chi connectivity index (χ3n) is 10.5. The molecule has 0 saturated carbocycles. The van der Waals surface area contributed by atoms with Gasteiger partial charge < -0.3 is 9.32 Å². The van der Waals surface area contributed by atoms with Gasteiger partial charge in [-0.3, -0.25) is 0 Å². The second kappa shape index (κ2) is 13.4. The monoisotopic (exact) mass is 689 g/mol. The van der Waals surface area contributed by atoms with Crippen LogP contribution in [0, 0.1) is 0 Å². The Labute approximate surface area is 314 Å². The minimum atomic E-state index is 0.851. The molecule has 10 rings (SSSR count). The highest BCUT2D eigenvalue weighted by Gasteiger charge is 2.23. The number of fused-ring (bicyclic) bond motifs is 4. The molecular weight excluding hydrogens is 655 g/mol. The molecule has 0 fully saturated rings. The molecule has 0 spiro atoms. The van der Waals surface area contributed by atoms with Gasteiger partial charge in [-0.1, -0.05) is 170 Å². The van der Waals surface area contributed by atoms with Crippen LogP contribution in [0.15, 0.2) is 217 Å². The van der Waals surface area contributed by atoms with Crippen molar-refractivity contribution in [2.24, 2.45) is 0 Å². The number of nitrogens with zero attached hydrogens (tertiary/aromatic N) is 1. The average molecular weight is 690 g/mol. The van der Waals surface area contributed by atoms with Crippen LogP contribution in [0.5, 0.6) is 0 Å². The maximum atomic E-state index is 6.87. The number of anilines is 3. The molecule has 1 heterocycles.